The SMILES string of the molecule is CCc1cnc(C)nc1N1CCC2(CC1)CC(C(=O)O)N(C(=O)C1CC1)C2. The van der Waals surface area contributed by atoms with Gasteiger partial charge in [-0.3, -0.25) is 4.79 Å². The smallest absolute Gasteiger partial charge is 0.326 e. The summed E-state index contributed by atoms with van der Waals surface area (Å²) in [6, 6.07) is -0.655. The van der Waals surface area contributed by atoms with E-state index in [1.54, 1.807) is 4.90 Å². The number of hydrogen-bond donors (Lipinski definition) is 1. The van der Waals surface area contributed by atoms with Gasteiger partial charge in [-0.15, -0.1) is 0 Å². The molecule has 4 rings (SSSR count). The molecule has 1 amide bonds. The van der Waals surface area contributed by atoms with Gasteiger partial charge in [0.15, 0.2) is 0 Å². The summed E-state index contributed by atoms with van der Waals surface area (Å²) in [5, 5.41) is 9.66. The third kappa shape index (κ3) is 3.39. The Kier molecular flexibility index (Phi) is 4.56. The van der Waals surface area contributed by atoms with Crippen LogP contribution >= 0.6 is 0 Å². The summed E-state index contributed by atoms with van der Waals surface area (Å²) >= 11 is 0. The van der Waals surface area contributed by atoms with Crippen molar-refractivity contribution in [2.24, 2.45) is 11.3 Å². The Morgan fingerprint density at radius 1 is 1.30 bits per heavy atom. The number of nitrogens with zero attached hydrogens (tertiary/aromatic N) is 4. The average Bonchev–Trinajstić information content (AvgIpc) is 3.44. The van der Waals surface area contributed by atoms with E-state index in [4.69, 9.17) is 0 Å². The predicted octanol–water partition coefficient (Wildman–Crippen LogP) is 2.03. The van der Waals surface area contributed by atoms with Crippen LogP contribution in [0.2, 0.25) is 0 Å². The largest absolute Gasteiger partial charge is 0.480 e. The van der Waals surface area contributed by atoms with E-state index in [1.165, 1.54) is 0 Å². The molecule has 1 aromatic heterocycles. The van der Waals surface area contributed by atoms with Crippen LogP contribution in [0, 0.1) is 18.3 Å². The Morgan fingerprint density at radius 2 is 2.00 bits per heavy atom. The van der Waals surface area contributed by atoms with Gasteiger partial charge in [0.2, 0.25) is 5.91 Å². The standard InChI is InChI=1S/C20H28N4O3/c1-3-14-11-21-13(2)22-17(14)23-8-6-20(7-9-23)10-16(19(26)27)24(12-20)18(25)15-4-5-15/h11,15-16H,3-10,12H2,1-2H3,(H,26,27). The number of carbonyl (C=O) groups excluding carboxylic acids is 1. The fourth-order valence-electron chi connectivity index (χ4n) is 4.63. The van der Waals surface area contributed by atoms with E-state index in [1.807, 2.05) is 13.1 Å². The molecule has 1 spiro atoms. The van der Waals surface area contributed by atoms with Crippen molar-refractivity contribution in [3.63, 3.8) is 0 Å². The molecule has 1 N–H and O–H groups in total. The molecule has 2 saturated heterocycles. The van der Waals surface area contributed by atoms with Crippen molar-refractivity contribution in [2.75, 3.05) is 24.5 Å². The number of carbonyl (C=O) groups is 2. The van der Waals surface area contributed by atoms with Crippen molar-refractivity contribution in [3.8, 4) is 0 Å². The molecule has 0 aromatic carbocycles. The lowest BCUT2D eigenvalue weighted by molar-refractivity contribution is -0.148. The molecule has 27 heavy (non-hydrogen) atoms. The van der Waals surface area contributed by atoms with Gasteiger partial charge in [0, 0.05) is 37.3 Å². The molecule has 0 radical (unpaired) electrons. The van der Waals surface area contributed by atoms with Crippen molar-refractivity contribution < 1.29 is 14.7 Å². The molecular weight excluding hydrogens is 344 g/mol. The molecule has 7 heteroatoms. The zero-order chi connectivity index (χ0) is 19.2. The summed E-state index contributed by atoms with van der Waals surface area (Å²) in [6.45, 7) is 6.31. The molecule has 3 aliphatic rings. The van der Waals surface area contributed by atoms with Gasteiger partial charge >= 0.3 is 5.97 Å². The zero-order valence-corrected chi connectivity index (χ0v) is 16.1. The van der Waals surface area contributed by atoms with Gasteiger partial charge in [-0.1, -0.05) is 6.92 Å². The Morgan fingerprint density at radius 3 is 2.59 bits per heavy atom. The summed E-state index contributed by atoms with van der Waals surface area (Å²) in [5.74, 6) is 1.05. The Labute approximate surface area is 159 Å². The molecule has 3 heterocycles. The fourth-order valence-corrected chi connectivity index (χ4v) is 4.63. The maximum Gasteiger partial charge on any atom is 0.326 e. The van der Waals surface area contributed by atoms with Crippen molar-refractivity contribution in [3.05, 3.63) is 17.6 Å². The predicted molar refractivity (Wildman–Crippen MR) is 101 cm³/mol. The van der Waals surface area contributed by atoms with Crippen LogP contribution in [0.4, 0.5) is 5.82 Å². The second kappa shape index (κ2) is 6.77. The van der Waals surface area contributed by atoms with Gasteiger partial charge in [0.25, 0.3) is 0 Å². The molecule has 1 atom stereocenters. The minimum absolute atomic E-state index is 0.0569. The quantitative estimate of drug-likeness (QED) is 0.870. The monoisotopic (exact) mass is 372 g/mol. The molecule has 7 nitrogen and oxygen atoms in total. The van der Waals surface area contributed by atoms with Crippen LogP contribution in [0.25, 0.3) is 0 Å². The van der Waals surface area contributed by atoms with E-state index in [9.17, 15) is 14.7 Å². The lowest BCUT2D eigenvalue weighted by atomic mass is 9.76. The molecule has 3 fully saturated rings. The lowest BCUT2D eigenvalue weighted by Crippen LogP contribution is -2.44. The summed E-state index contributed by atoms with van der Waals surface area (Å²) in [4.78, 5) is 37.3. The van der Waals surface area contributed by atoms with Gasteiger partial charge < -0.3 is 14.9 Å². The number of piperidine rings is 1. The first-order chi connectivity index (χ1) is 12.9. The van der Waals surface area contributed by atoms with E-state index >= 15 is 0 Å². The lowest BCUT2D eigenvalue weighted by Gasteiger charge is -2.40. The highest BCUT2D eigenvalue weighted by Crippen LogP contribution is 2.46. The number of aryl methyl sites for hydroxylation is 2. The van der Waals surface area contributed by atoms with Crippen LogP contribution in [0.15, 0.2) is 6.20 Å². The van der Waals surface area contributed by atoms with Crippen LogP contribution in [-0.2, 0) is 16.0 Å². The fraction of sp³-hybridized carbons (Fsp3) is 0.700. The third-order valence-corrected chi connectivity index (χ3v) is 6.47. The van der Waals surface area contributed by atoms with E-state index in [-0.39, 0.29) is 17.2 Å². The van der Waals surface area contributed by atoms with Crippen molar-refractivity contribution in [1.82, 2.24) is 14.9 Å². The first-order valence-electron chi connectivity index (χ1n) is 10.0. The molecule has 146 valence electrons. The van der Waals surface area contributed by atoms with Crippen molar-refractivity contribution in [2.45, 2.75) is 58.4 Å². The number of aromatic nitrogens is 2. The number of carboxylic acid groups (broad SMARTS) is 1. The number of hydrogen-bond acceptors (Lipinski definition) is 5. The van der Waals surface area contributed by atoms with Gasteiger partial charge in [-0.25, -0.2) is 14.8 Å². The molecule has 1 unspecified atom stereocenters. The normalized spacial score (nSPS) is 24.4. The highest BCUT2D eigenvalue weighted by Gasteiger charge is 2.51. The molecular formula is C20H28N4O3. The maximum absolute atomic E-state index is 12.6. The summed E-state index contributed by atoms with van der Waals surface area (Å²) in [6.07, 6.45) is 7.01. The second-order valence-corrected chi connectivity index (χ2v) is 8.41. The van der Waals surface area contributed by atoms with Gasteiger partial charge in [-0.2, -0.15) is 0 Å². The van der Waals surface area contributed by atoms with Gasteiger partial charge in [0.1, 0.15) is 17.7 Å². The number of carboxylic acids is 1. The first kappa shape index (κ1) is 18.2. The van der Waals surface area contributed by atoms with Gasteiger partial charge in [-0.05, 0) is 50.9 Å². The average molecular weight is 372 g/mol. The molecule has 2 aliphatic heterocycles. The minimum Gasteiger partial charge on any atom is -0.480 e. The topological polar surface area (TPSA) is 86.6 Å². The van der Waals surface area contributed by atoms with Crippen LogP contribution < -0.4 is 4.90 Å². The Balaban J connectivity index is 1.49. The highest BCUT2D eigenvalue weighted by molar-refractivity contribution is 5.87. The summed E-state index contributed by atoms with van der Waals surface area (Å²) in [5.41, 5.74) is 1.08. The zero-order valence-electron chi connectivity index (χ0n) is 16.1. The number of likely N-dealkylation sites (tertiary alicyclic amines) is 1. The summed E-state index contributed by atoms with van der Waals surface area (Å²) in [7, 11) is 0. The van der Waals surface area contributed by atoms with Crippen molar-refractivity contribution in [1.29, 1.82) is 0 Å². The summed E-state index contributed by atoms with van der Waals surface area (Å²) < 4.78 is 0. The first-order valence-corrected chi connectivity index (χ1v) is 10.0. The molecule has 1 saturated carbocycles. The van der Waals surface area contributed by atoms with Crippen LogP contribution in [-0.4, -0.2) is 57.5 Å². The van der Waals surface area contributed by atoms with E-state index in [0.29, 0.717) is 13.0 Å². The van der Waals surface area contributed by atoms with Gasteiger partial charge in [0.05, 0.1) is 0 Å². The molecule has 1 aliphatic carbocycles. The number of anilines is 1. The van der Waals surface area contributed by atoms with E-state index in [0.717, 1.165) is 62.4 Å². The molecule has 0 bridgehead atoms. The van der Waals surface area contributed by atoms with Crippen LogP contribution in [0.3, 0.4) is 0 Å². The van der Waals surface area contributed by atoms with E-state index < -0.39 is 12.0 Å². The number of aliphatic carboxylic acids is 1. The minimum atomic E-state index is -0.858. The third-order valence-electron chi connectivity index (χ3n) is 6.47. The van der Waals surface area contributed by atoms with Crippen LogP contribution in [0.1, 0.15) is 50.4 Å². The highest BCUT2D eigenvalue weighted by atomic mass is 16.4. The maximum atomic E-state index is 12.6. The second-order valence-electron chi connectivity index (χ2n) is 8.41. The van der Waals surface area contributed by atoms with Crippen LogP contribution in [0.5, 0.6) is 0 Å². The number of amides is 1. The number of rotatable bonds is 4. The Bertz CT molecular complexity index is 754. The van der Waals surface area contributed by atoms with E-state index in [2.05, 4.69) is 21.8 Å². The van der Waals surface area contributed by atoms with Crippen molar-refractivity contribution >= 4 is 17.7 Å². The Hall–Kier alpha value is -2.18. The molecule has 1 aromatic rings.